The van der Waals surface area contributed by atoms with Crippen molar-refractivity contribution in [2.75, 3.05) is 6.61 Å². The first kappa shape index (κ1) is 13.1. The molecule has 0 unspecified atom stereocenters. The quantitative estimate of drug-likeness (QED) is 0.901. The number of benzene rings is 1. The third kappa shape index (κ3) is 2.71. The molecule has 2 aromatic rings. The fourth-order valence-corrected chi connectivity index (χ4v) is 2.68. The number of nitrogens with two attached hydrogens (primary N) is 1. The Bertz CT molecular complexity index is 560. The van der Waals surface area contributed by atoms with E-state index in [0.29, 0.717) is 6.61 Å². The predicted octanol–water partition coefficient (Wildman–Crippen LogP) is 2.72. The summed E-state index contributed by atoms with van der Waals surface area (Å²) in [5.74, 6) is -0.433. The van der Waals surface area contributed by atoms with Crippen LogP contribution in [0.25, 0.3) is 10.1 Å². The van der Waals surface area contributed by atoms with Crippen LogP contribution in [0.3, 0.4) is 0 Å². The Hall–Kier alpha value is -1.39. The maximum atomic E-state index is 11.1. The Morgan fingerprint density at radius 1 is 1.39 bits per heavy atom. The Balaban J connectivity index is 2.03. The monoisotopic (exact) mass is 263 g/mol. The third-order valence-corrected chi connectivity index (χ3v) is 3.99. The number of primary amides is 1. The number of hydrogen-bond acceptors (Lipinski definition) is 3. The van der Waals surface area contributed by atoms with E-state index in [1.807, 2.05) is 6.07 Å². The average Bonchev–Trinajstić information content (AvgIpc) is 2.77. The minimum Gasteiger partial charge on any atom is -0.367 e. The first-order valence-electron chi connectivity index (χ1n) is 5.90. The second kappa shape index (κ2) is 5.08. The summed E-state index contributed by atoms with van der Waals surface area (Å²) in [6, 6.07) is 8.35. The number of hydrogen-bond donors (Lipinski definition) is 1. The molecule has 0 spiro atoms. The van der Waals surface area contributed by atoms with Crippen LogP contribution in [0.4, 0.5) is 0 Å². The van der Waals surface area contributed by atoms with Crippen molar-refractivity contribution in [1.29, 1.82) is 0 Å². The van der Waals surface area contributed by atoms with E-state index in [0.717, 1.165) is 6.42 Å². The molecule has 1 amide bonds. The van der Waals surface area contributed by atoms with Gasteiger partial charge in [-0.1, -0.05) is 18.2 Å². The van der Waals surface area contributed by atoms with Crippen LogP contribution in [0, 0.1) is 0 Å². The molecule has 2 N–H and O–H groups in total. The predicted molar refractivity (Wildman–Crippen MR) is 74.8 cm³/mol. The maximum Gasteiger partial charge on any atom is 0.249 e. The molecule has 4 heteroatoms. The fourth-order valence-electron chi connectivity index (χ4n) is 1.74. The number of ether oxygens (including phenoxy) is 1. The van der Waals surface area contributed by atoms with E-state index in [1.165, 1.54) is 15.6 Å². The van der Waals surface area contributed by atoms with Crippen LogP contribution in [-0.4, -0.2) is 18.1 Å². The summed E-state index contributed by atoms with van der Waals surface area (Å²) in [6.07, 6.45) is 0.786. The SMILES string of the molecule is CC(C)(OCCc1cccc2ccsc12)C(N)=O. The summed E-state index contributed by atoms with van der Waals surface area (Å²) < 4.78 is 6.84. The first-order chi connectivity index (χ1) is 8.50. The second-order valence-electron chi connectivity index (χ2n) is 4.73. The van der Waals surface area contributed by atoms with Gasteiger partial charge in [-0.15, -0.1) is 11.3 Å². The lowest BCUT2D eigenvalue weighted by Gasteiger charge is -2.21. The molecule has 0 atom stereocenters. The molecule has 0 saturated heterocycles. The normalized spacial score (nSPS) is 11.9. The van der Waals surface area contributed by atoms with Gasteiger partial charge in [0.1, 0.15) is 5.60 Å². The molecule has 0 aliphatic carbocycles. The number of rotatable bonds is 5. The van der Waals surface area contributed by atoms with E-state index in [2.05, 4.69) is 23.6 Å². The van der Waals surface area contributed by atoms with E-state index < -0.39 is 11.5 Å². The smallest absolute Gasteiger partial charge is 0.249 e. The van der Waals surface area contributed by atoms with Crippen molar-refractivity contribution in [3.05, 3.63) is 35.2 Å². The van der Waals surface area contributed by atoms with E-state index in [-0.39, 0.29) is 0 Å². The molecule has 1 aromatic carbocycles. The highest BCUT2D eigenvalue weighted by Gasteiger charge is 2.25. The van der Waals surface area contributed by atoms with Gasteiger partial charge in [0.2, 0.25) is 5.91 Å². The van der Waals surface area contributed by atoms with Crippen molar-refractivity contribution in [1.82, 2.24) is 0 Å². The van der Waals surface area contributed by atoms with Gasteiger partial charge < -0.3 is 10.5 Å². The van der Waals surface area contributed by atoms with Crippen LogP contribution in [0.15, 0.2) is 29.6 Å². The van der Waals surface area contributed by atoms with E-state index in [9.17, 15) is 4.79 Å². The largest absolute Gasteiger partial charge is 0.367 e. The molecular weight excluding hydrogens is 246 g/mol. The Morgan fingerprint density at radius 3 is 2.89 bits per heavy atom. The molecule has 96 valence electrons. The van der Waals surface area contributed by atoms with Crippen LogP contribution < -0.4 is 5.73 Å². The minimum absolute atomic E-state index is 0.433. The van der Waals surface area contributed by atoms with Gasteiger partial charge >= 0.3 is 0 Å². The van der Waals surface area contributed by atoms with Crippen molar-refractivity contribution in [2.45, 2.75) is 25.9 Å². The van der Waals surface area contributed by atoms with E-state index in [4.69, 9.17) is 10.5 Å². The van der Waals surface area contributed by atoms with Gasteiger partial charge in [-0.05, 0) is 42.7 Å². The van der Waals surface area contributed by atoms with Crippen molar-refractivity contribution in [2.24, 2.45) is 5.73 Å². The van der Waals surface area contributed by atoms with Gasteiger partial charge in [0, 0.05) is 4.70 Å². The van der Waals surface area contributed by atoms with Crippen molar-refractivity contribution in [3.63, 3.8) is 0 Å². The van der Waals surface area contributed by atoms with Crippen LogP contribution in [-0.2, 0) is 16.0 Å². The van der Waals surface area contributed by atoms with E-state index in [1.54, 1.807) is 25.2 Å². The van der Waals surface area contributed by atoms with Gasteiger partial charge in [0.15, 0.2) is 0 Å². The molecule has 18 heavy (non-hydrogen) atoms. The maximum absolute atomic E-state index is 11.1. The molecule has 0 fully saturated rings. The van der Waals surface area contributed by atoms with Crippen molar-refractivity contribution >= 4 is 27.3 Å². The Kier molecular flexibility index (Phi) is 3.68. The molecule has 0 bridgehead atoms. The zero-order valence-electron chi connectivity index (χ0n) is 10.6. The minimum atomic E-state index is -0.899. The van der Waals surface area contributed by atoms with E-state index >= 15 is 0 Å². The first-order valence-corrected chi connectivity index (χ1v) is 6.77. The molecule has 0 radical (unpaired) electrons. The van der Waals surface area contributed by atoms with Gasteiger partial charge in [-0.2, -0.15) is 0 Å². The highest BCUT2D eigenvalue weighted by molar-refractivity contribution is 7.17. The molecular formula is C14H17NO2S. The highest BCUT2D eigenvalue weighted by Crippen LogP contribution is 2.25. The van der Waals surface area contributed by atoms with Gasteiger partial charge in [-0.25, -0.2) is 0 Å². The number of thiophene rings is 1. The molecule has 0 saturated carbocycles. The number of carbonyl (C=O) groups is 1. The summed E-state index contributed by atoms with van der Waals surface area (Å²) in [6.45, 7) is 3.88. The highest BCUT2D eigenvalue weighted by atomic mass is 32.1. The zero-order chi connectivity index (χ0) is 13.2. The molecule has 0 aliphatic rings. The van der Waals surface area contributed by atoms with Crippen LogP contribution in [0.5, 0.6) is 0 Å². The number of amides is 1. The summed E-state index contributed by atoms with van der Waals surface area (Å²) >= 11 is 1.73. The molecule has 1 aromatic heterocycles. The van der Waals surface area contributed by atoms with Gasteiger partial charge in [0.25, 0.3) is 0 Å². The summed E-state index contributed by atoms with van der Waals surface area (Å²) in [4.78, 5) is 11.1. The second-order valence-corrected chi connectivity index (χ2v) is 5.65. The van der Waals surface area contributed by atoms with Crippen molar-refractivity contribution in [3.8, 4) is 0 Å². The van der Waals surface area contributed by atoms with Crippen LogP contribution >= 0.6 is 11.3 Å². The van der Waals surface area contributed by atoms with Crippen LogP contribution in [0.1, 0.15) is 19.4 Å². The molecule has 2 rings (SSSR count). The lowest BCUT2D eigenvalue weighted by Crippen LogP contribution is -2.41. The number of fused-ring (bicyclic) bond motifs is 1. The Morgan fingerprint density at radius 2 is 2.17 bits per heavy atom. The molecule has 1 heterocycles. The van der Waals surface area contributed by atoms with Gasteiger partial charge in [0.05, 0.1) is 6.61 Å². The fraction of sp³-hybridized carbons (Fsp3) is 0.357. The molecule has 0 aliphatic heterocycles. The van der Waals surface area contributed by atoms with Gasteiger partial charge in [-0.3, -0.25) is 4.79 Å². The third-order valence-electron chi connectivity index (χ3n) is 2.99. The summed E-state index contributed by atoms with van der Waals surface area (Å²) in [5.41, 5.74) is 5.61. The average molecular weight is 263 g/mol. The standard InChI is InChI=1S/C14H17NO2S/c1-14(2,13(15)16)17-8-6-10-4-3-5-11-7-9-18-12(10)11/h3-5,7,9H,6,8H2,1-2H3,(H2,15,16). The summed E-state index contributed by atoms with van der Waals surface area (Å²) in [5, 5.41) is 3.34. The number of carbonyl (C=O) groups excluding carboxylic acids is 1. The van der Waals surface area contributed by atoms with Crippen LogP contribution in [0.2, 0.25) is 0 Å². The topological polar surface area (TPSA) is 52.3 Å². The summed E-state index contributed by atoms with van der Waals surface area (Å²) in [7, 11) is 0. The lowest BCUT2D eigenvalue weighted by molar-refractivity contribution is -0.139. The zero-order valence-corrected chi connectivity index (χ0v) is 11.4. The lowest BCUT2D eigenvalue weighted by atomic mass is 10.1. The van der Waals surface area contributed by atoms with Crippen molar-refractivity contribution < 1.29 is 9.53 Å². The Labute approximate surface area is 111 Å². The molecule has 3 nitrogen and oxygen atoms in total.